The first-order valence-corrected chi connectivity index (χ1v) is 11.1. The van der Waals surface area contributed by atoms with Crippen LogP contribution in [0.5, 0.6) is 0 Å². The van der Waals surface area contributed by atoms with E-state index in [4.69, 9.17) is 11.6 Å². The summed E-state index contributed by atoms with van der Waals surface area (Å²) in [5, 5.41) is 1.10. The number of carbonyl (C=O) groups is 1. The van der Waals surface area contributed by atoms with Gasteiger partial charge in [0.1, 0.15) is 0 Å². The Balaban J connectivity index is 2.30. The summed E-state index contributed by atoms with van der Waals surface area (Å²) in [6.45, 7) is 5.77. The minimum Gasteiger partial charge on any atom is -0.305 e. The van der Waals surface area contributed by atoms with Crippen LogP contribution in [0.2, 0.25) is 0 Å². The molecule has 0 N–H and O–H groups in total. The fourth-order valence-corrected chi connectivity index (χ4v) is 6.60. The molecule has 0 spiro atoms. The lowest BCUT2D eigenvalue weighted by atomic mass is 9.95. The summed E-state index contributed by atoms with van der Waals surface area (Å²) in [4.78, 5) is 13.8. The Morgan fingerprint density at radius 1 is 0.852 bits per heavy atom. The highest BCUT2D eigenvalue weighted by molar-refractivity contribution is 7.93. The molecule has 0 aliphatic heterocycles. The van der Waals surface area contributed by atoms with Gasteiger partial charge in [0.2, 0.25) is 12.7 Å². The zero-order chi connectivity index (χ0) is 19.6. The topological polar surface area (TPSA) is 34.1 Å². The number of halogens is 1. The van der Waals surface area contributed by atoms with Crippen molar-refractivity contribution in [2.75, 3.05) is 0 Å². The Morgan fingerprint density at radius 3 is 1.78 bits per heavy atom. The molecule has 0 aliphatic carbocycles. The molecular weight excluding hydrogens is 375 g/mol. The monoisotopic (exact) mass is 396 g/mol. The average Bonchev–Trinajstić information content (AvgIpc) is 2.68. The maximum Gasteiger partial charge on any atom is 0.230 e. The number of hydrogen-bond donors (Lipinski definition) is 0. The van der Waals surface area contributed by atoms with Crippen molar-refractivity contribution in [2.24, 2.45) is 0 Å². The summed E-state index contributed by atoms with van der Waals surface area (Å²) in [7, 11) is -3.52. The summed E-state index contributed by atoms with van der Waals surface area (Å²) in [6.07, 6.45) is 0. The Hall–Kier alpha value is -2.15. The number of aryl methyl sites for hydroxylation is 2. The predicted molar refractivity (Wildman–Crippen MR) is 114 cm³/mol. The fourth-order valence-electron chi connectivity index (χ4n) is 3.58. The number of benzene rings is 3. The first kappa shape index (κ1) is 19.6. The normalized spacial score (nSPS) is 11.4. The lowest BCUT2D eigenvalue weighted by molar-refractivity contribution is 0.107. The van der Waals surface area contributed by atoms with Gasteiger partial charge in [-0.3, -0.25) is 4.79 Å². The van der Waals surface area contributed by atoms with Crippen molar-refractivity contribution in [3.8, 4) is 0 Å². The standard InChI is InChI=1S/C23H22ClO2P/c1-16-14-17(2)22(18(3)21(16)15-24)23(25)27(26,19-10-6-4-7-11-19)20-12-8-5-9-13-20/h4-14H,15H2,1-3H3. The minimum atomic E-state index is -3.52. The molecule has 0 unspecified atom stereocenters. The highest BCUT2D eigenvalue weighted by atomic mass is 35.5. The van der Waals surface area contributed by atoms with Gasteiger partial charge in [0, 0.05) is 22.1 Å². The van der Waals surface area contributed by atoms with Gasteiger partial charge in [-0.05, 0) is 43.0 Å². The molecule has 0 aliphatic rings. The molecule has 3 aromatic rings. The van der Waals surface area contributed by atoms with Gasteiger partial charge in [0.05, 0.1) is 0 Å². The Morgan fingerprint density at radius 2 is 1.33 bits per heavy atom. The van der Waals surface area contributed by atoms with Gasteiger partial charge in [-0.1, -0.05) is 66.7 Å². The molecule has 0 amide bonds. The van der Waals surface area contributed by atoms with E-state index in [0.29, 0.717) is 22.1 Å². The van der Waals surface area contributed by atoms with Gasteiger partial charge in [-0.2, -0.15) is 0 Å². The van der Waals surface area contributed by atoms with Gasteiger partial charge < -0.3 is 4.57 Å². The van der Waals surface area contributed by atoms with Crippen molar-refractivity contribution in [3.05, 3.63) is 94.5 Å². The zero-order valence-corrected chi connectivity index (χ0v) is 17.3. The van der Waals surface area contributed by atoms with E-state index in [1.54, 1.807) is 24.3 Å². The van der Waals surface area contributed by atoms with Crippen molar-refractivity contribution in [2.45, 2.75) is 26.7 Å². The Kier molecular flexibility index (Phi) is 5.69. The molecule has 0 atom stereocenters. The third kappa shape index (κ3) is 3.40. The summed E-state index contributed by atoms with van der Waals surface area (Å²) >= 11 is 6.13. The van der Waals surface area contributed by atoms with E-state index in [0.717, 1.165) is 22.3 Å². The van der Waals surface area contributed by atoms with Gasteiger partial charge in [0.15, 0.2) is 0 Å². The molecule has 0 aromatic heterocycles. The zero-order valence-electron chi connectivity index (χ0n) is 15.7. The Bertz CT molecular complexity index is 984. The number of rotatable bonds is 5. The second-order valence-electron chi connectivity index (χ2n) is 6.71. The maximum absolute atomic E-state index is 14.3. The SMILES string of the molecule is Cc1cc(C)c(C(=O)P(=O)(c2ccccc2)c2ccccc2)c(C)c1CCl. The summed E-state index contributed by atoms with van der Waals surface area (Å²) < 4.78 is 14.3. The number of carbonyl (C=O) groups excluding carboxylic acids is 1. The molecule has 0 heterocycles. The van der Waals surface area contributed by atoms with Crippen LogP contribution in [-0.4, -0.2) is 5.52 Å². The van der Waals surface area contributed by atoms with Crippen LogP contribution < -0.4 is 10.6 Å². The van der Waals surface area contributed by atoms with Gasteiger partial charge in [-0.15, -0.1) is 11.6 Å². The van der Waals surface area contributed by atoms with Gasteiger partial charge >= 0.3 is 0 Å². The van der Waals surface area contributed by atoms with Crippen molar-refractivity contribution < 1.29 is 9.36 Å². The molecule has 0 fully saturated rings. The molecule has 27 heavy (non-hydrogen) atoms. The second kappa shape index (κ2) is 7.84. The van der Waals surface area contributed by atoms with Crippen LogP contribution in [0.4, 0.5) is 0 Å². The number of hydrogen-bond acceptors (Lipinski definition) is 2. The van der Waals surface area contributed by atoms with E-state index in [1.807, 2.05) is 63.2 Å². The number of alkyl halides is 1. The van der Waals surface area contributed by atoms with Crippen LogP contribution in [0.15, 0.2) is 66.7 Å². The van der Waals surface area contributed by atoms with Crippen LogP contribution in [-0.2, 0) is 10.4 Å². The lowest BCUT2D eigenvalue weighted by Crippen LogP contribution is -2.24. The largest absolute Gasteiger partial charge is 0.305 e. The predicted octanol–water partition coefficient (Wildman–Crippen LogP) is 5.50. The second-order valence-corrected chi connectivity index (χ2v) is 9.63. The molecular formula is C23H22ClO2P. The highest BCUT2D eigenvalue weighted by Gasteiger charge is 2.38. The molecule has 0 bridgehead atoms. The van der Waals surface area contributed by atoms with Gasteiger partial charge in [-0.25, -0.2) is 0 Å². The Labute approximate surface area is 165 Å². The van der Waals surface area contributed by atoms with Gasteiger partial charge in [0.25, 0.3) is 0 Å². The quantitative estimate of drug-likeness (QED) is 0.421. The molecule has 2 nitrogen and oxygen atoms in total. The fraction of sp³-hybridized carbons (Fsp3) is 0.174. The molecule has 4 heteroatoms. The van der Waals surface area contributed by atoms with Crippen molar-refractivity contribution in [1.29, 1.82) is 0 Å². The van der Waals surface area contributed by atoms with Crippen LogP contribution in [0, 0.1) is 20.8 Å². The summed E-state index contributed by atoms with van der Waals surface area (Å²) in [6, 6.07) is 20.0. The van der Waals surface area contributed by atoms with E-state index in [-0.39, 0.29) is 5.52 Å². The van der Waals surface area contributed by atoms with E-state index >= 15 is 0 Å². The van der Waals surface area contributed by atoms with Crippen LogP contribution in [0.25, 0.3) is 0 Å². The van der Waals surface area contributed by atoms with Crippen molar-refractivity contribution in [3.63, 3.8) is 0 Å². The molecule has 0 saturated carbocycles. The summed E-state index contributed by atoms with van der Waals surface area (Å²) in [5.74, 6) is 0.319. The maximum atomic E-state index is 14.3. The third-order valence-corrected chi connectivity index (χ3v) is 8.12. The van der Waals surface area contributed by atoms with E-state index in [9.17, 15) is 9.36 Å². The molecule has 3 rings (SSSR count). The first-order valence-electron chi connectivity index (χ1n) is 8.83. The van der Waals surface area contributed by atoms with Crippen molar-refractivity contribution >= 4 is 34.9 Å². The lowest BCUT2D eigenvalue weighted by Gasteiger charge is -2.22. The van der Waals surface area contributed by atoms with Crippen LogP contribution in [0.3, 0.4) is 0 Å². The van der Waals surface area contributed by atoms with E-state index in [2.05, 4.69) is 0 Å². The first-order chi connectivity index (χ1) is 12.9. The minimum absolute atomic E-state index is 0.319. The molecule has 3 aromatic carbocycles. The van der Waals surface area contributed by atoms with Crippen molar-refractivity contribution in [1.82, 2.24) is 0 Å². The molecule has 138 valence electrons. The smallest absolute Gasteiger partial charge is 0.230 e. The van der Waals surface area contributed by atoms with E-state index in [1.165, 1.54) is 0 Å². The van der Waals surface area contributed by atoms with E-state index < -0.39 is 7.14 Å². The molecule has 0 radical (unpaired) electrons. The highest BCUT2D eigenvalue weighted by Crippen LogP contribution is 2.48. The van der Waals surface area contributed by atoms with Crippen LogP contribution >= 0.6 is 18.7 Å². The van der Waals surface area contributed by atoms with Crippen LogP contribution in [0.1, 0.15) is 32.6 Å². The average molecular weight is 397 g/mol. The third-order valence-electron chi connectivity index (χ3n) is 5.00. The molecule has 0 saturated heterocycles. The summed E-state index contributed by atoms with van der Waals surface area (Å²) in [5.41, 5.74) is 3.81.